The molecular weight excluding hydrogens is 360 g/mol. The fourth-order valence-corrected chi connectivity index (χ4v) is 4.15. The summed E-state index contributed by atoms with van der Waals surface area (Å²) in [7, 11) is -4.07. The second-order valence-electron chi connectivity index (χ2n) is 6.01. The molecule has 1 aromatic carbocycles. The molecule has 2 aromatic rings. The van der Waals surface area contributed by atoms with Crippen molar-refractivity contribution >= 4 is 15.7 Å². The van der Waals surface area contributed by atoms with Gasteiger partial charge in [0, 0.05) is 18.7 Å². The number of hydrogen-bond donors (Lipinski definition) is 1. The summed E-state index contributed by atoms with van der Waals surface area (Å²) in [6.45, 7) is -0.0496. The summed E-state index contributed by atoms with van der Waals surface area (Å²) in [6, 6.07) is 6.66. The Morgan fingerprint density at radius 1 is 1.23 bits per heavy atom. The van der Waals surface area contributed by atoms with E-state index >= 15 is 0 Å². The Kier molecular flexibility index (Phi) is 5.14. The topological polar surface area (TPSA) is 124 Å². The Morgan fingerprint density at radius 3 is 2.73 bits per heavy atom. The first-order valence-electron chi connectivity index (χ1n) is 8.21. The zero-order chi connectivity index (χ0) is 18.7. The molecule has 0 bridgehead atoms. The second-order valence-corrected chi connectivity index (χ2v) is 7.74. The fourth-order valence-electron chi connectivity index (χ4n) is 2.96. The molecule has 0 atom stereocenters. The Labute approximate surface area is 149 Å². The van der Waals surface area contributed by atoms with Crippen LogP contribution in [0.3, 0.4) is 0 Å². The molecule has 0 aliphatic heterocycles. The lowest BCUT2D eigenvalue weighted by Crippen LogP contribution is -2.33. The number of nitro groups is 1. The van der Waals surface area contributed by atoms with Gasteiger partial charge in [-0.2, -0.15) is 5.10 Å². The fraction of sp³-hybridized carbons (Fsp3) is 0.375. The lowest BCUT2D eigenvalue weighted by molar-refractivity contribution is -0.387. The van der Waals surface area contributed by atoms with Crippen molar-refractivity contribution in [1.29, 1.82) is 0 Å². The number of para-hydroxylation sites is 1. The lowest BCUT2D eigenvalue weighted by atomic mass is 9.97. The molecule has 0 unspecified atom stereocenters. The van der Waals surface area contributed by atoms with Crippen molar-refractivity contribution in [2.45, 2.75) is 37.1 Å². The maximum atomic E-state index is 12.3. The van der Waals surface area contributed by atoms with Gasteiger partial charge in [0.25, 0.3) is 11.2 Å². The number of nitrogens with one attached hydrogen (secondary N) is 1. The first-order valence-corrected chi connectivity index (χ1v) is 9.70. The molecule has 1 N–H and O–H groups in total. The van der Waals surface area contributed by atoms with E-state index in [4.69, 9.17) is 0 Å². The van der Waals surface area contributed by atoms with Gasteiger partial charge < -0.3 is 0 Å². The van der Waals surface area contributed by atoms with E-state index in [1.807, 2.05) is 0 Å². The van der Waals surface area contributed by atoms with E-state index in [9.17, 15) is 23.3 Å². The van der Waals surface area contributed by atoms with Crippen molar-refractivity contribution in [3.8, 4) is 0 Å². The highest BCUT2D eigenvalue weighted by molar-refractivity contribution is 7.89. The van der Waals surface area contributed by atoms with Gasteiger partial charge in [-0.1, -0.05) is 12.1 Å². The Hall–Kier alpha value is -2.59. The SMILES string of the molecule is O=c1cc2c(nn1CCNS(=O)(=O)c1ccccc1[N+](=O)[O-])CCCC2. The summed E-state index contributed by atoms with van der Waals surface area (Å²) in [5.74, 6) is 0. The number of nitro benzene ring substituents is 1. The number of nitrogens with zero attached hydrogens (tertiary/aromatic N) is 3. The molecule has 1 heterocycles. The van der Waals surface area contributed by atoms with E-state index < -0.39 is 25.5 Å². The van der Waals surface area contributed by atoms with Gasteiger partial charge in [0.1, 0.15) is 0 Å². The molecular formula is C16H18N4O5S. The van der Waals surface area contributed by atoms with Crippen LogP contribution in [0.2, 0.25) is 0 Å². The molecule has 1 aliphatic carbocycles. The quantitative estimate of drug-likeness (QED) is 0.591. The van der Waals surface area contributed by atoms with Crippen LogP contribution in [0.1, 0.15) is 24.1 Å². The monoisotopic (exact) mass is 378 g/mol. The van der Waals surface area contributed by atoms with Crippen LogP contribution < -0.4 is 10.3 Å². The summed E-state index contributed by atoms with van der Waals surface area (Å²) < 4.78 is 28.2. The van der Waals surface area contributed by atoms with Crippen LogP contribution in [0.4, 0.5) is 5.69 Å². The predicted octanol–water partition coefficient (Wildman–Crippen LogP) is 1.01. The van der Waals surface area contributed by atoms with Gasteiger partial charge in [0.15, 0.2) is 4.90 Å². The number of sulfonamides is 1. The van der Waals surface area contributed by atoms with Crippen LogP contribution in [0.25, 0.3) is 0 Å². The number of aromatic nitrogens is 2. The van der Waals surface area contributed by atoms with E-state index in [1.165, 1.54) is 22.9 Å². The summed E-state index contributed by atoms with van der Waals surface area (Å²) in [6.07, 6.45) is 3.69. The van der Waals surface area contributed by atoms with E-state index in [2.05, 4.69) is 9.82 Å². The zero-order valence-corrected chi connectivity index (χ0v) is 14.7. The van der Waals surface area contributed by atoms with Gasteiger partial charge in [-0.3, -0.25) is 14.9 Å². The second kappa shape index (κ2) is 7.34. The first-order chi connectivity index (χ1) is 12.4. The van der Waals surface area contributed by atoms with Crippen LogP contribution >= 0.6 is 0 Å². The minimum Gasteiger partial charge on any atom is -0.268 e. The number of hydrogen-bond acceptors (Lipinski definition) is 6. The van der Waals surface area contributed by atoms with Gasteiger partial charge in [-0.05, 0) is 37.3 Å². The van der Waals surface area contributed by atoms with E-state index in [0.717, 1.165) is 43.0 Å². The van der Waals surface area contributed by atoms with Gasteiger partial charge >= 0.3 is 0 Å². The third-order valence-corrected chi connectivity index (χ3v) is 5.75. The average Bonchev–Trinajstić information content (AvgIpc) is 2.62. The van der Waals surface area contributed by atoms with Crippen molar-refractivity contribution in [1.82, 2.24) is 14.5 Å². The molecule has 0 radical (unpaired) electrons. The molecule has 1 aliphatic rings. The van der Waals surface area contributed by atoms with Crippen LogP contribution in [0.5, 0.6) is 0 Å². The Bertz CT molecular complexity index is 1000. The van der Waals surface area contributed by atoms with Crippen molar-refractivity contribution < 1.29 is 13.3 Å². The van der Waals surface area contributed by atoms with Gasteiger partial charge in [-0.15, -0.1) is 0 Å². The smallest absolute Gasteiger partial charge is 0.268 e. The largest absolute Gasteiger partial charge is 0.289 e. The molecule has 0 spiro atoms. The van der Waals surface area contributed by atoms with Gasteiger partial charge in [-0.25, -0.2) is 17.8 Å². The van der Waals surface area contributed by atoms with Crippen LogP contribution in [0, 0.1) is 10.1 Å². The van der Waals surface area contributed by atoms with Gasteiger partial charge in [0.05, 0.1) is 17.2 Å². The zero-order valence-electron chi connectivity index (χ0n) is 13.9. The molecule has 0 fully saturated rings. The van der Waals surface area contributed by atoms with Crippen molar-refractivity contribution in [3.63, 3.8) is 0 Å². The van der Waals surface area contributed by atoms with Crippen molar-refractivity contribution in [2.75, 3.05) is 6.54 Å². The van der Waals surface area contributed by atoms with Crippen molar-refractivity contribution in [3.05, 3.63) is 62.1 Å². The number of aryl methyl sites for hydroxylation is 2. The molecule has 26 heavy (non-hydrogen) atoms. The van der Waals surface area contributed by atoms with Crippen LogP contribution in [-0.2, 0) is 29.4 Å². The summed E-state index contributed by atoms with van der Waals surface area (Å²) in [5, 5.41) is 15.3. The highest BCUT2D eigenvalue weighted by Crippen LogP contribution is 2.22. The Morgan fingerprint density at radius 2 is 1.96 bits per heavy atom. The average molecular weight is 378 g/mol. The molecule has 138 valence electrons. The molecule has 0 saturated heterocycles. The predicted molar refractivity (Wildman–Crippen MR) is 93.4 cm³/mol. The summed E-state index contributed by atoms with van der Waals surface area (Å²) >= 11 is 0. The van der Waals surface area contributed by atoms with Crippen LogP contribution in [0.15, 0.2) is 40.0 Å². The highest BCUT2D eigenvalue weighted by atomic mass is 32.2. The van der Waals surface area contributed by atoms with Crippen molar-refractivity contribution in [2.24, 2.45) is 0 Å². The first kappa shape index (κ1) is 18.2. The molecule has 1 aromatic heterocycles. The molecule has 9 nitrogen and oxygen atoms in total. The number of rotatable bonds is 6. The maximum Gasteiger partial charge on any atom is 0.289 e. The standard InChI is InChI=1S/C16H18N4O5S/c21-16-11-12-5-1-2-6-13(12)18-19(16)10-9-17-26(24,25)15-8-4-3-7-14(15)20(22)23/h3-4,7-8,11,17H,1-2,5-6,9-10H2. The van der Waals surface area contributed by atoms with E-state index in [1.54, 1.807) is 6.07 Å². The molecule has 0 saturated carbocycles. The van der Waals surface area contributed by atoms with E-state index in [0.29, 0.717) is 0 Å². The maximum absolute atomic E-state index is 12.3. The molecule has 0 amide bonds. The van der Waals surface area contributed by atoms with Crippen LogP contribution in [-0.4, -0.2) is 29.7 Å². The summed E-state index contributed by atoms with van der Waals surface area (Å²) in [4.78, 5) is 21.9. The minimum absolute atomic E-state index is 0.0476. The Balaban J connectivity index is 1.74. The molecule has 10 heteroatoms. The summed E-state index contributed by atoms with van der Waals surface area (Å²) in [5.41, 5.74) is 1.05. The third-order valence-electron chi connectivity index (χ3n) is 4.24. The lowest BCUT2D eigenvalue weighted by Gasteiger charge is -2.16. The third kappa shape index (κ3) is 3.81. The van der Waals surface area contributed by atoms with E-state index in [-0.39, 0.29) is 18.6 Å². The highest BCUT2D eigenvalue weighted by Gasteiger charge is 2.24. The molecule has 3 rings (SSSR count). The minimum atomic E-state index is -4.07. The number of benzene rings is 1. The number of fused-ring (bicyclic) bond motifs is 1. The van der Waals surface area contributed by atoms with Gasteiger partial charge in [0.2, 0.25) is 10.0 Å². The normalized spacial score (nSPS) is 14.0.